The summed E-state index contributed by atoms with van der Waals surface area (Å²) in [4.78, 5) is 13.2. The van der Waals surface area contributed by atoms with Gasteiger partial charge in [0.25, 0.3) is 0 Å². The summed E-state index contributed by atoms with van der Waals surface area (Å²) in [5.74, 6) is 1.41. The first-order valence-electron chi connectivity index (χ1n) is 11.4. The van der Waals surface area contributed by atoms with Crippen molar-refractivity contribution in [3.63, 3.8) is 0 Å². The average Bonchev–Trinajstić information content (AvgIpc) is 3.53. The SMILES string of the molecule is N#Cc1ccc2c(c1)CCC(N1CC3COCC3C1)C2Nc1ncnc2[nH]c(C(F)(F)F)cc12. The number of likely N-dealkylation sites (tertiary alicyclic amines) is 1. The Morgan fingerprint density at radius 2 is 1.94 bits per heavy atom. The van der Waals surface area contributed by atoms with Gasteiger partial charge in [0.2, 0.25) is 0 Å². The molecule has 0 saturated carbocycles. The zero-order valence-corrected chi connectivity index (χ0v) is 18.3. The van der Waals surface area contributed by atoms with Gasteiger partial charge in [0, 0.05) is 31.0 Å². The number of anilines is 1. The standard InChI is InChI=1S/C24H23F3N6O/c25-24(26,27)20-6-18-22(31-20)29-12-30-23(18)32-21-17-3-1-13(7-28)5-14(17)2-4-19(21)33-8-15-10-34-11-16(15)9-33/h1,3,5-6,12,15-16,19,21H,2,4,8-11H2,(H2,29,30,31,32). The largest absolute Gasteiger partial charge is 0.431 e. The molecule has 2 fully saturated rings. The third-order valence-electron chi connectivity index (χ3n) is 7.46. The monoisotopic (exact) mass is 468 g/mol. The maximum Gasteiger partial charge on any atom is 0.431 e. The van der Waals surface area contributed by atoms with Crippen molar-refractivity contribution in [2.45, 2.75) is 31.1 Å². The maximum atomic E-state index is 13.3. The highest BCUT2D eigenvalue weighted by Gasteiger charge is 2.43. The van der Waals surface area contributed by atoms with Crippen LogP contribution in [0.5, 0.6) is 0 Å². The van der Waals surface area contributed by atoms with E-state index in [4.69, 9.17) is 4.74 Å². The van der Waals surface area contributed by atoms with Gasteiger partial charge in [-0.05, 0) is 42.2 Å². The molecular weight excluding hydrogens is 445 g/mol. The lowest BCUT2D eigenvalue weighted by Crippen LogP contribution is -2.44. The number of aromatic nitrogens is 3. The Labute approximate surface area is 193 Å². The van der Waals surface area contributed by atoms with E-state index < -0.39 is 11.9 Å². The fourth-order valence-corrected chi connectivity index (χ4v) is 5.79. The van der Waals surface area contributed by atoms with E-state index in [2.05, 4.69) is 31.2 Å². The highest BCUT2D eigenvalue weighted by atomic mass is 19.4. The number of hydrogen-bond acceptors (Lipinski definition) is 6. The second-order valence-electron chi connectivity index (χ2n) is 9.43. The van der Waals surface area contributed by atoms with Gasteiger partial charge in [-0.25, -0.2) is 9.97 Å². The highest BCUT2D eigenvalue weighted by Crippen LogP contribution is 2.41. The summed E-state index contributed by atoms with van der Waals surface area (Å²) in [6.07, 6.45) is -1.50. The number of H-pyrrole nitrogens is 1. The Morgan fingerprint density at radius 3 is 2.68 bits per heavy atom. The van der Waals surface area contributed by atoms with E-state index in [1.165, 1.54) is 6.33 Å². The molecule has 10 heteroatoms. The summed E-state index contributed by atoms with van der Waals surface area (Å²) in [6, 6.07) is 8.92. The summed E-state index contributed by atoms with van der Waals surface area (Å²) in [5.41, 5.74) is 2.05. The van der Waals surface area contributed by atoms with Gasteiger partial charge in [-0.2, -0.15) is 18.4 Å². The molecule has 1 aliphatic carbocycles. The number of nitrogens with one attached hydrogen (secondary N) is 2. The molecule has 7 nitrogen and oxygen atoms in total. The number of nitriles is 1. The van der Waals surface area contributed by atoms with Crippen LogP contribution < -0.4 is 5.32 Å². The number of aromatic amines is 1. The van der Waals surface area contributed by atoms with Gasteiger partial charge in [0.1, 0.15) is 23.5 Å². The van der Waals surface area contributed by atoms with Crippen molar-refractivity contribution in [2.24, 2.45) is 11.8 Å². The lowest BCUT2D eigenvalue weighted by Gasteiger charge is -2.40. The number of rotatable bonds is 3. The molecule has 2 saturated heterocycles. The van der Waals surface area contributed by atoms with Crippen molar-refractivity contribution in [3.8, 4) is 6.07 Å². The summed E-state index contributed by atoms with van der Waals surface area (Å²) in [6.45, 7) is 3.45. The van der Waals surface area contributed by atoms with Crippen molar-refractivity contribution in [3.05, 3.63) is 53.0 Å². The second-order valence-corrected chi connectivity index (χ2v) is 9.43. The Bertz CT molecular complexity index is 1270. The molecule has 0 radical (unpaired) electrons. The number of fused-ring (bicyclic) bond motifs is 3. The van der Waals surface area contributed by atoms with Gasteiger partial charge in [0.15, 0.2) is 0 Å². The summed E-state index contributed by atoms with van der Waals surface area (Å²) >= 11 is 0. The van der Waals surface area contributed by atoms with E-state index in [9.17, 15) is 18.4 Å². The first-order valence-corrected chi connectivity index (χ1v) is 11.4. The molecule has 3 aromatic rings. The Balaban J connectivity index is 1.39. The van der Waals surface area contributed by atoms with Crippen molar-refractivity contribution in [1.82, 2.24) is 19.9 Å². The van der Waals surface area contributed by atoms with Crippen LogP contribution in [0.4, 0.5) is 19.0 Å². The minimum absolute atomic E-state index is 0.144. The number of benzene rings is 1. The van der Waals surface area contributed by atoms with Crippen molar-refractivity contribution >= 4 is 16.9 Å². The van der Waals surface area contributed by atoms with Crippen molar-refractivity contribution in [1.29, 1.82) is 5.26 Å². The van der Waals surface area contributed by atoms with Crippen LogP contribution in [-0.2, 0) is 17.3 Å². The quantitative estimate of drug-likeness (QED) is 0.606. The normalized spacial score (nSPS) is 26.9. The third-order valence-corrected chi connectivity index (χ3v) is 7.46. The van der Waals surface area contributed by atoms with E-state index >= 15 is 0 Å². The van der Waals surface area contributed by atoms with E-state index in [1.807, 2.05) is 12.1 Å². The molecule has 1 aromatic carbocycles. The molecule has 34 heavy (non-hydrogen) atoms. The molecule has 4 atom stereocenters. The number of aryl methyl sites for hydroxylation is 1. The summed E-state index contributed by atoms with van der Waals surface area (Å²) in [7, 11) is 0. The molecule has 0 amide bonds. The summed E-state index contributed by atoms with van der Waals surface area (Å²) < 4.78 is 45.6. The molecule has 6 rings (SSSR count). The average molecular weight is 468 g/mol. The number of ether oxygens (including phenoxy) is 1. The van der Waals surface area contributed by atoms with Crippen LogP contribution >= 0.6 is 0 Å². The molecular formula is C24H23F3N6O. The smallest absolute Gasteiger partial charge is 0.381 e. The molecule has 0 bridgehead atoms. The fourth-order valence-electron chi connectivity index (χ4n) is 5.79. The van der Waals surface area contributed by atoms with Gasteiger partial charge < -0.3 is 15.0 Å². The van der Waals surface area contributed by atoms with Gasteiger partial charge in [-0.15, -0.1) is 0 Å². The molecule has 2 aromatic heterocycles. The molecule has 4 heterocycles. The van der Waals surface area contributed by atoms with Crippen LogP contribution in [0.25, 0.3) is 11.0 Å². The van der Waals surface area contributed by atoms with Crippen LogP contribution in [0.15, 0.2) is 30.6 Å². The zero-order chi connectivity index (χ0) is 23.4. The Hall–Kier alpha value is -3.16. The van der Waals surface area contributed by atoms with Gasteiger partial charge in [0.05, 0.1) is 36.3 Å². The van der Waals surface area contributed by atoms with Crippen LogP contribution in [-0.4, -0.2) is 52.2 Å². The van der Waals surface area contributed by atoms with Gasteiger partial charge in [-0.1, -0.05) is 6.07 Å². The number of hydrogen-bond donors (Lipinski definition) is 2. The minimum atomic E-state index is -4.50. The van der Waals surface area contributed by atoms with Crippen LogP contribution in [0.3, 0.4) is 0 Å². The second kappa shape index (κ2) is 7.96. The van der Waals surface area contributed by atoms with Gasteiger partial charge in [-0.3, -0.25) is 4.90 Å². The van der Waals surface area contributed by atoms with E-state index in [1.54, 1.807) is 6.07 Å². The van der Waals surface area contributed by atoms with E-state index in [0.717, 1.165) is 56.3 Å². The van der Waals surface area contributed by atoms with E-state index in [-0.39, 0.29) is 17.7 Å². The highest BCUT2D eigenvalue weighted by molar-refractivity contribution is 5.88. The zero-order valence-electron chi connectivity index (χ0n) is 18.3. The first-order chi connectivity index (χ1) is 16.4. The number of alkyl halides is 3. The third kappa shape index (κ3) is 3.60. The van der Waals surface area contributed by atoms with Gasteiger partial charge >= 0.3 is 6.18 Å². The Kier molecular flexibility index (Phi) is 5.00. The molecule has 176 valence electrons. The topological polar surface area (TPSA) is 89.9 Å². The number of halogens is 3. The van der Waals surface area contributed by atoms with Crippen LogP contribution in [0, 0.1) is 23.2 Å². The fraction of sp³-hybridized carbons (Fsp3) is 0.458. The minimum Gasteiger partial charge on any atom is -0.381 e. The summed E-state index contributed by atoms with van der Waals surface area (Å²) in [5, 5.41) is 13.1. The predicted octanol–water partition coefficient (Wildman–Crippen LogP) is 3.89. The first kappa shape index (κ1) is 21.4. The molecule has 4 unspecified atom stereocenters. The Morgan fingerprint density at radius 1 is 1.15 bits per heavy atom. The van der Waals surface area contributed by atoms with Crippen molar-refractivity contribution in [2.75, 3.05) is 31.6 Å². The lowest BCUT2D eigenvalue weighted by molar-refractivity contribution is -0.140. The molecule has 2 aliphatic heterocycles. The molecule has 2 N–H and O–H groups in total. The van der Waals surface area contributed by atoms with Crippen LogP contribution in [0.1, 0.15) is 34.8 Å². The number of nitrogens with zero attached hydrogens (tertiary/aromatic N) is 4. The maximum absolute atomic E-state index is 13.3. The van der Waals surface area contributed by atoms with Crippen molar-refractivity contribution < 1.29 is 17.9 Å². The molecule has 3 aliphatic rings. The predicted molar refractivity (Wildman–Crippen MR) is 118 cm³/mol. The van der Waals surface area contributed by atoms with Crippen LogP contribution in [0.2, 0.25) is 0 Å². The molecule has 0 spiro atoms. The lowest BCUT2D eigenvalue weighted by atomic mass is 9.82. The van der Waals surface area contributed by atoms with E-state index in [0.29, 0.717) is 28.6 Å².